The van der Waals surface area contributed by atoms with E-state index in [9.17, 15) is 8.42 Å². The molecule has 1 aromatic rings. The van der Waals surface area contributed by atoms with Gasteiger partial charge in [0.15, 0.2) is 9.84 Å². The van der Waals surface area contributed by atoms with Crippen molar-refractivity contribution in [2.75, 3.05) is 11.6 Å². The summed E-state index contributed by atoms with van der Waals surface area (Å²) in [4.78, 5) is 0. The quantitative estimate of drug-likeness (QED) is 0.929. The minimum Gasteiger partial charge on any atom is -0.487 e. The number of rotatable bonds is 4. The van der Waals surface area contributed by atoms with Crippen LogP contribution in [0.25, 0.3) is 0 Å². The summed E-state index contributed by atoms with van der Waals surface area (Å²) in [6, 6.07) is 4.16. The molecule has 1 unspecified atom stereocenters. The number of nitrogens with one attached hydrogen (secondary N) is 1. The van der Waals surface area contributed by atoms with Gasteiger partial charge in [-0.15, -0.1) is 0 Å². The number of sulfone groups is 1. The molecule has 2 rings (SSSR count). The molecule has 0 fully saturated rings. The van der Waals surface area contributed by atoms with Crippen molar-refractivity contribution in [1.82, 2.24) is 5.32 Å². The fraction of sp³-hybridized carbons (Fsp3) is 0.625. The van der Waals surface area contributed by atoms with Crippen molar-refractivity contribution < 1.29 is 13.2 Å². The van der Waals surface area contributed by atoms with E-state index in [1.807, 2.05) is 13.8 Å². The van der Waals surface area contributed by atoms with Crippen molar-refractivity contribution in [2.45, 2.75) is 52.7 Å². The number of ether oxygens (including phenoxy) is 1. The zero-order valence-electron chi connectivity index (χ0n) is 13.5. The Morgan fingerprint density at radius 3 is 2.52 bits per heavy atom. The molecular formula is C16H25NO3S. The monoisotopic (exact) mass is 311 g/mol. The second-order valence-corrected chi connectivity index (χ2v) is 8.83. The van der Waals surface area contributed by atoms with E-state index in [1.54, 1.807) is 6.92 Å². The summed E-state index contributed by atoms with van der Waals surface area (Å²) in [5, 5.41) is 3.20. The van der Waals surface area contributed by atoms with Crippen LogP contribution in [0.4, 0.5) is 0 Å². The van der Waals surface area contributed by atoms with Gasteiger partial charge in [0.25, 0.3) is 0 Å². The van der Waals surface area contributed by atoms with Gasteiger partial charge < -0.3 is 4.74 Å². The fourth-order valence-corrected chi connectivity index (χ4v) is 3.28. The van der Waals surface area contributed by atoms with Crippen molar-refractivity contribution in [1.29, 1.82) is 0 Å². The molecule has 5 heteroatoms. The van der Waals surface area contributed by atoms with Crippen LogP contribution >= 0.6 is 0 Å². The van der Waals surface area contributed by atoms with Gasteiger partial charge in [-0.05, 0) is 44.9 Å². The first kappa shape index (κ1) is 16.3. The molecular weight excluding hydrogens is 286 g/mol. The fourth-order valence-electron chi connectivity index (χ4n) is 2.63. The van der Waals surface area contributed by atoms with Gasteiger partial charge in [0.1, 0.15) is 11.4 Å². The zero-order valence-corrected chi connectivity index (χ0v) is 14.3. The van der Waals surface area contributed by atoms with Crippen LogP contribution in [0.15, 0.2) is 12.1 Å². The molecule has 1 aliphatic rings. The summed E-state index contributed by atoms with van der Waals surface area (Å²) in [6.07, 6.45) is 0.752. The smallest absolute Gasteiger partial charge is 0.162 e. The third-order valence-corrected chi connectivity index (χ3v) is 5.56. The molecule has 0 saturated heterocycles. The van der Waals surface area contributed by atoms with Crippen molar-refractivity contribution in [3.05, 3.63) is 28.8 Å². The minimum atomic E-state index is -3.03. The molecule has 0 spiro atoms. The summed E-state index contributed by atoms with van der Waals surface area (Å²) in [5.41, 5.74) is 3.14. The Bertz CT molecular complexity index is 635. The summed E-state index contributed by atoms with van der Waals surface area (Å²) in [6.45, 7) is 9.87. The van der Waals surface area contributed by atoms with Gasteiger partial charge in [-0.3, -0.25) is 5.32 Å². The topological polar surface area (TPSA) is 55.4 Å². The molecule has 0 aliphatic carbocycles. The van der Waals surface area contributed by atoms with E-state index in [0.717, 1.165) is 17.7 Å². The van der Waals surface area contributed by atoms with Crippen LogP contribution in [0.5, 0.6) is 5.75 Å². The van der Waals surface area contributed by atoms with Gasteiger partial charge in [-0.1, -0.05) is 13.0 Å². The third-order valence-electron chi connectivity index (χ3n) is 4.07. The standard InChI is InChI=1S/C16H25NO3S/c1-6-21(18,19)10-17-14-9-16(4,5)20-15-8-12(3)11(2)7-13(14)15/h7-8,14,17H,6,9-10H2,1-5H3. The van der Waals surface area contributed by atoms with Crippen LogP contribution in [0.1, 0.15) is 49.9 Å². The molecule has 0 amide bonds. The number of hydrogen-bond acceptors (Lipinski definition) is 4. The first-order valence-corrected chi connectivity index (χ1v) is 9.19. The van der Waals surface area contributed by atoms with E-state index in [0.29, 0.717) is 0 Å². The highest BCUT2D eigenvalue weighted by atomic mass is 32.2. The van der Waals surface area contributed by atoms with Gasteiger partial charge in [0, 0.05) is 23.8 Å². The summed E-state index contributed by atoms with van der Waals surface area (Å²) in [5.74, 6) is 1.03. The molecule has 1 heterocycles. The van der Waals surface area contributed by atoms with Crippen LogP contribution in [-0.2, 0) is 9.84 Å². The SMILES string of the molecule is CCS(=O)(=O)CNC1CC(C)(C)Oc2cc(C)c(C)cc21. The molecule has 1 atom stereocenters. The normalized spacial score (nSPS) is 20.7. The van der Waals surface area contributed by atoms with Crippen LogP contribution in [0.2, 0.25) is 0 Å². The second-order valence-electron chi connectivity index (χ2n) is 6.47. The van der Waals surface area contributed by atoms with Gasteiger partial charge >= 0.3 is 0 Å². The predicted molar refractivity (Wildman–Crippen MR) is 85.4 cm³/mol. The van der Waals surface area contributed by atoms with Gasteiger partial charge in [0.2, 0.25) is 0 Å². The lowest BCUT2D eigenvalue weighted by Crippen LogP contribution is -2.41. The lowest BCUT2D eigenvalue weighted by Gasteiger charge is -2.38. The van der Waals surface area contributed by atoms with Gasteiger partial charge in [-0.2, -0.15) is 0 Å². The molecule has 1 aromatic carbocycles. The second kappa shape index (κ2) is 5.61. The van der Waals surface area contributed by atoms with Crippen LogP contribution in [0, 0.1) is 13.8 Å². The Labute approximate surface area is 127 Å². The van der Waals surface area contributed by atoms with Crippen LogP contribution in [0.3, 0.4) is 0 Å². The van der Waals surface area contributed by atoms with Crippen LogP contribution < -0.4 is 10.1 Å². The summed E-state index contributed by atoms with van der Waals surface area (Å²) in [7, 11) is -3.03. The first-order valence-electron chi connectivity index (χ1n) is 7.37. The Morgan fingerprint density at radius 1 is 1.29 bits per heavy atom. The summed E-state index contributed by atoms with van der Waals surface area (Å²) >= 11 is 0. The molecule has 4 nitrogen and oxygen atoms in total. The average molecular weight is 311 g/mol. The van der Waals surface area contributed by atoms with E-state index in [4.69, 9.17) is 4.74 Å². The lowest BCUT2D eigenvalue weighted by molar-refractivity contribution is 0.0669. The number of aryl methyl sites for hydroxylation is 2. The maximum atomic E-state index is 11.7. The molecule has 1 N–H and O–H groups in total. The molecule has 0 radical (unpaired) electrons. The Balaban J connectivity index is 2.32. The van der Waals surface area contributed by atoms with E-state index in [1.165, 1.54) is 11.1 Å². The molecule has 118 valence electrons. The molecule has 21 heavy (non-hydrogen) atoms. The molecule has 0 saturated carbocycles. The predicted octanol–water partition coefficient (Wildman–Crippen LogP) is 2.89. The maximum Gasteiger partial charge on any atom is 0.162 e. The summed E-state index contributed by atoms with van der Waals surface area (Å²) < 4.78 is 29.5. The van der Waals surface area contributed by atoms with Crippen molar-refractivity contribution in [2.24, 2.45) is 0 Å². The van der Waals surface area contributed by atoms with Gasteiger partial charge in [0.05, 0.1) is 5.88 Å². The number of benzene rings is 1. The molecule has 0 bridgehead atoms. The number of hydrogen-bond donors (Lipinski definition) is 1. The highest BCUT2D eigenvalue weighted by Gasteiger charge is 2.34. The molecule has 1 aliphatic heterocycles. The Kier molecular flexibility index (Phi) is 4.36. The first-order chi connectivity index (χ1) is 9.63. The minimum absolute atomic E-state index is 0.00405. The van der Waals surface area contributed by atoms with Crippen LogP contribution in [-0.4, -0.2) is 25.6 Å². The average Bonchev–Trinajstić information content (AvgIpc) is 2.37. The van der Waals surface area contributed by atoms with E-state index in [-0.39, 0.29) is 23.3 Å². The number of fused-ring (bicyclic) bond motifs is 1. The Hall–Kier alpha value is -1.07. The zero-order chi connectivity index (χ0) is 15.8. The maximum absolute atomic E-state index is 11.7. The highest BCUT2D eigenvalue weighted by Crippen LogP contribution is 2.40. The third kappa shape index (κ3) is 3.77. The van der Waals surface area contributed by atoms with Gasteiger partial charge in [-0.25, -0.2) is 8.42 Å². The highest BCUT2D eigenvalue weighted by molar-refractivity contribution is 7.91. The van der Waals surface area contributed by atoms with Crippen molar-refractivity contribution in [3.63, 3.8) is 0 Å². The largest absolute Gasteiger partial charge is 0.487 e. The van der Waals surface area contributed by atoms with Crippen molar-refractivity contribution >= 4 is 9.84 Å². The lowest BCUT2D eigenvalue weighted by atomic mass is 9.88. The van der Waals surface area contributed by atoms with E-state index < -0.39 is 9.84 Å². The van der Waals surface area contributed by atoms with E-state index in [2.05, 4.69) is 31.3 Å². The van der Waals surface area contributed by atoms with E-state index >= 15 is 0 Å². The Morgan fingerprint density at radius 2 is 1.90 bits per heavy atom. The van der Waals surface area contributed by atoms with Crippen molar-refractivity contribution in [3.8, 4) is 5.75 Å². The molecule has 0 aromatic heterocycles.